The Morgan fingerprint density at radius 1 is 1.10 bits per heavy atom. The predicted molar refractivity (Wildman–Crippen MR) is 121 cm³/mol. The van der Waals surface area contributed by atoms with Crippen LogP contribution in [-0.2, 0) is 11.3 Å². The molecule has 0 bridgehead atoms. The summed E-state index contributed by atoms with van der Waals surface area (Å²) < 4.78 is 18.3. The number of hydrogen-bond donors (Lipinski definition) is 2. The SMILES string of the molecule is CN=C(NCCC(=O)N1CCN(c2ccc(F)cc2)CC1)NCc1cccc(OC)c1. The second-order valence-electron chi connectivity index (χ2n) is 7.30. The summed E-state index contributed by atoms with van der Waals surface area (Å²) in [5.41, 5.74) is 2.07. The first-order chi connectivity index (χ1) is 15.1. The van der Waals surface area contributed by atoms with Crippen LogP contribution in [0.15, 0.2) is 53.5 Å². The molecule has 1 aliphatic heterocycles. The molecule has 0 radical (unpaired) electrons. The maximum Gasteiger partial charge on any atom is 0.224 e. The minimum absolute atomic E-state index is 0.120. The Kier molecular flexibility index (Phi) is 8.09. The van der Waals surface area contributed by atoms with Crippen LogP contribution >= 0.6 is 0 Å². The Morgan fingerprint density at radius 3 is 2.52 bits per heavy atom. The molecule has 0 unspecified atom stereocenters. The van der Waals surface area contributed by atoms with E-state index in [2.05, 4.69) is 20.5 Å². The number of nitrogens with one attached hydrogen (secondary N) is 2. The number of carbonyl (C=O) groups excluding carboxylic acids is 1. The fourth-order valence-corrected chi connectivity index (χ4v) is 3.50. The van der Waals surface area contributed by atoms with Crippen molar-refractivity contribution in [2.75, 3.05) is 51.8 Å². The van der Waals surface area contributed by atoms with E-state index in [0.717, 1.165) is 30.1 Å². The molecule has 2 N–H and O–H groups in total. The van der Waals surface area contributed by atoms with E-state index < -0.39 is 0 Å². The van der Waals surface area contributed by atoms with Gasteiger partial charge in [-0.2, -0.15) is 0 Å². The van der Waals surface area contributed by atoms with Gasteiger partial charge in [0.25, 0.3) is 0 Å². The van der Waals surface area contributed by atoms with Crippen LogP contribution in [0.2, 0.25) is 0 Å². The van der Waals surface area contributed by atoms with E-state index in [4.69, 9.17) is 4.74 Å². The zero-order chi connectivity index (χ0) is 22.1. The number of nitrogens with zero attached hydrogens (tertiary/aromatic N) is 3. The van der Waals surface area contributed by atoms with Crippen molar-refractivity contribution >= 4 is 17.6 Å². The quantitative estimate of drug-likeness (QED) is 0.524. The number of anilines is 1. The van der Waals surface area contributed by atoms with Gasteiger partial charge in [-0.05, 0) is 42.0 Å². The largest absolute Gasteiger partial charge is 0.497 e. The number of amides is 1. The van der Waals surface area contributed by atoms with Gasteiger partial charge >= 0.3 is 0 Å². The third-order valence-electron chi connectivity index (χ3n) is 5.27. The van der Waals surface area contributed by atoms with E-state index in [-0.39, 0.29) is 11.7 Å². The molecule has 8 heteroatoms. The maximum absolute atomic E-state index is 13.1. The lowest BCUT2D eigenvalue weighted by atomic mass is 10.2. The lowest BCUT2D eigenvalue weighted by Crippen LogP contribution is -2.49. The number of ether oxygens (including phenoxy) is 1. The molecule has 31 heavy (non-hydrogen) atoms. The van der Waals surface area contributed by atoms with Gasteiger partial charge in [-0.15, -0.1) is 0 Å². The van der Waals surface area contributed by atoms with Crippen LogP contribution in [0.1, 0.15) is 12.0 Å². The maximum atomic E-state index is 13.1. The van der Waals surface area contributed by atoms with Crippen molar-refractivity contribution < 1.29 is 13.9 Å². The standard InChI is InChI=1S/C23H30FN5O2/c1-25-23(27-17-18-4-3-5-21(16-18)31-2)26-11-10-22(30)29-14-12-28(13-15-29)20-8-6-19(24)7-9-20/h3-9,16H,10-15,17H2,1-2H3,(H2,25,26,27). The summed E-state index contributed by atoms with van der Waals surface area (Å²) in [6.07, 6.45) is 0.399. The molecule has 0 atom stereocenters. The summed E-state index contributed by atoms with van der Waals surface area (Å²) in [6, 6.07) is 14.3. The predicted octanol–water partition coefficient (Wildman–Crippen LogP) is 2.24. The van der Waals surface area contributed by atoms with Crippen LogP contribution in [0.5, 0.6) is 5.75 Å². The second-order valence-corrected chi connectivity index (χ2v) is 7.30. The number of methoxy groups -OCH3 is 1. The van der Waals surface area contributed by atoms with Gasteiger partial charge < -0.3 is 25.2 Å². The number of halogens is 1. The number of hydrogen-bond acceptors (Lipinski definition) is 4. The van der Waals surface area contributed by atoms with Crippen LogP contribution in [-0.4, -0.2) is 63.6 Å². The molecule has 1 fully saturated rings. The van der Waals surface area contributed by atoms with Gasteiger partial charge in [0, 0.05) is 58.4 Å². The molecular weight excluding hydrogens is 397 g/mol. The Hall–Kier alpha value is -3.29. The second kappa shape index (κ2) is 11.2. The molecule has 2 aromatic carbocycles. The van der Waals surface area contributed by atoms with Crippen molar-refractivity contribution in [2.45, 2.75) is 13.0 Å². The highest BCUT2D eigenvalue weighted by Gasteiger charge is 2.21. The van der Waals surface area contributed by atoms with E-state index in [1.165, 1.54) is 12.1 Å². The fraction of sp³-hybridized carbons (Fsp3) is 0.391. The Balaban J connectivity index is 1.37. The minimum Gasteiger partial charge on any atom is -0.497 e. The third-order valence-corrected chi connectivity index (χ3v) is 5.27. The molecule has 166 valence electrons. The lowest BCUT2D eigenvalue weighted by molar-refractivity contribution is -0.131. The van der Waals surface area contributed by atoms with Gasteiger partial charge in [-0.3, -0.25) is 9.79 Å². The number of guanidine groups is 1. The first-order valence-electron chi connectivity index (χ1n) is 10.4. The highest BCUT2D eigenvalue weighted by atomic mass is 19.1. The zero-order valence-corrected chi connectivity index (χ0v) is 18.1. The Morgan fingerprint density at radius 2 is 1.84 bits per heavy atom. The Bertz CT molecular complexity index is 880. The van der Waals surface area contributed by atoms with Crippen LogP contribution in [0, 0.1) is 5.82 Å². The number of aliphatic imine (C=N–C) groups is 1. The van der Waals surface area contributed by atoms with Crippen LogP contribution in [0.25, 0.3) is 0 Å². The normalized spacial score (nSPS) is 14.4. The van der Waals surface area contributed by atoms with E-state index in [9.17, 15) is 9.18 Å². The van der Waals surface area contributed by atoms with E-state index in [0.29, 0.717) is 38.6 Å². The van der Waals surface area contributed by atoms with Crippen LogP contribution < -0.4 is 20.3 Å². The molecule has 0 spiro atoms. The van der Waals surface area contributed by atoms with Crippen LogP contribution in [0.3, 0.4) is 0 Å². The molecule has 0 aromatic heterocycles. The average Bonchev–Trinajstić information content (AvgIpc) is 2.82. The van der Waals surface area contributed by atoms with E-state index >= 15 is 0 Å². The first kappa shape index (κ1) is 22.4. The van der Waals surface area contributed by atoms with Gasteiger partial charge in [0.2, 0.25) is 5.91 Å². The highest BCUT2D eigenvalue weighted by molar-refractivity contribution is 5.81. The summed E-state index contributed by atoms with van der Waals surface area (Å²) in [5.74, 6) is 1.34. The summed E-state index contributed by atoms with van der Waals surface area (Å²) >= 11 is 0. The van der Waals surface area contributed by atoms with Gasteiger partial charge in [-0.1, -0.05) is 12.1 Å². The average molecular weight is 428 g/mol. The van der Waals surface area contributed by atoms with Gasteiger partial charge in [0.15, 0.2) is 5.96 Å². The van der Waals surface area contributed by atoms with E-state index in [1.54, 1.807) is 26.3 Å². The molecule has 3 rings (SSSR count). The van der Waals surface area contributed by atoms with Crippen molar-refractivity contribution in [1.29, 1.82) is 0 Å². The third kappa shape index (κ3) is 6.60. The summed E-state index contributed by atoms with van der Waals surface area (Å²) in [7, 11) is 3.35. The molecule has 0 aliphatic carbocycles. The lowest BCUT2D eigenvalue weighted by Gasteiger charge is -2.36. The van der Waals surface area contributed by atoms with Gasteiger partial charge in [0.05, 0.1) is 7.11 Å². The molecular formula is C23H30FN5O2. The smallest absolute Gasteiger partial charge is 0.224 e. The molecule has 2 aromatic rings. The van der Waals surface area contributed by atoms with Gasteiger partial charge in [-0.25, -0.2) is 4.39 Å². The number of benzene rings is 2. The highest BCUT2D eigenvalue weighted by Crippen LogP contribution is 2.17. The topological polar surface area (TPSA) is 69.2 Å². The molecule has 7 nitrogen and oxygen atoms in total. The molecule has 1 amide bonds. The fourth-order valence-electron chi connectivity index (χ4n) is 3.50. The van der Waals surface area contributed by atoms with Crippen molar-refractivity contribution in [3.8, 4) is 5.75 Å². The van der Waals surface area contributed by atoms with Crippen molar-refractivity contribution in [3.63, 3.8) is 0 Å². The zero-order valence-electron chi connectivity index (χ0n) is 18.1. The van der Waals surface area contributed by atoms with Gasteiger partial charge in [0.1, 0.15) is 11.6 Å². The molecule has 0 saturated carbocycles. The molecule has 1 aliphatic rings. The summed E-state index contributed by atoms with van der Waals surface area (Å²) in [5, 5.41) is 6.44. The minimum atomic E-state index is -0.238. The summed E-state index contributed by atoms with van der Waals surface area (Å²) in [4.78, 5) is 20.8. The van der Waals surface area contributed by atoms with Crippen LogP contribution in [0.4, 0.5) is 10.1 Å². The number of rotatable bonds is 7. The van der Waals surface area contributed by atoms with Crippen molar-refractivity contribution in [3.05, 3.63) is 59.9 Å². The molecule has 1 saturated heterocycles. The first-order valence-corrected chi connectivity index (χ1v) is 10.4. The monoisotopic (exact) mass is 427 g/mol. The van der Waals surface area contributed by atoms with Crippen molar-refractivity contribution in [1.82, 2.24) is 15.5 Å². The Labute approximate surface area is 182 Å². The molecule has 1 heterocycles. The summed E-state index contributed by atoms with van der Waals surface area (Å²) in [6.45, 7) is 3.94. The van der Waals surface area contributed by atoms with E-state index in [1.807, 2.05) is 29.2 Å². The number of piperazine rings is 1. The van der Waals surface area contributed by atoms with Crippen molar-refractivity contribution in [2.24, 2.45) is 4.99 Å². The number of carbonyl (C=O) groups is 1.